The normalized spacial score (nSPS) is 11.7. The molecule has 7 nitrogen and oxygen atoms in total. The van der Waals surface area contributed by atoms with Crippen molar-refractivity contribution in [1.82, 2.24) is 10.6 Å². The molecule has 1 atom stereocenters. The van der Waals surface area contributed by atoms with Crippen LogP contribution in [0.25, 0.3) is 0 Å². The highest BCUT2D eigenvalue weighted by Crippen LogP contribution is 2.26. The molecule has 7 heteroatoms. The number of carboxylic acids is 1. The molecular formula is C14H20N2O5. The van der Waals surface area contributed by atoms with Gasteiger partial charge in [0.25, 0.3) is 0 Å². The summed E-state index contributed by atoms with van der Waals surface area (Å²) in [5.41, 5.74) is 0.692. The van der Waals surface area contributed by atoms with Crippen LogP contribution in [0.15, 0.2) is 24.3 Å². The summed E-state index contributed by atoms with van der Waals surface area (Å²) in [5.74, 6) is -0.872. The van der Waals surface area contributed by atoms with Gasteiger partial charge in [0.05, 0.1) is 19.8 Å². The fraction of sp³-hybridized carbons (Fsp3) is 0.429. The molecule has 0 fully saturated rings. The van der Waals surface area contributed by atoms with Crippen LogP contribution in [0.3, 0.4) is 0 Å². The van der Waals surface area contributed by atoms with Gasteiger partial charge in [0.1, 0.15) is 12.3 Å². The van der Waals surface area contributed by atoms with Crippen molar-refractivity contribution >= 4 is 11.9 Å². The zero-order valence-electron chi connectivity index (χ0n) is 11.8. The standard InChI is InChI=1S/C14H20N2O5/c1-21-12-5-3-2-4-10(12)11(17)6-7-15-8-13(18)16-9-14(19)20/h2-5,11,15,17H,6-9H2,1H3,(H,16,18)(H,19,20). The Morgan fingerprint density at radius 3 is 2.67 bits per heavy atom. The van der Waals surface area contributed by atoms with Crippen molar-refractivity contribution in [2.75, 3.05) is 26.7 Å². The first-order chi connectivity index (χ1) is 10.0. The van der Waals surface area contributed by atoms with E-state index in [9.17, 15) is 14.7 Å². The lowest BCUT2D eigenvalue weighted by atomic mass is 10.1. The van der Waals surface area contributed by atoms with Crippen molar-refractivity contribution < 1.29 is 24.5 Å². The summed E-state index contributed by atoms with van der Waals surface area (Å²) in [7, 11) is 1.54. The Labute approximate surface area is 122 Å². The first-order valence-corrected chi connectivity index (χ1v) is 6.54. The number of ether oxygens (including phenoxy) is 1. The van der Waals surface area contributed by atoms with Crippen LogP contribution in [0, 0.1) is 0 Å². The average Bonchev–Trinajstić information content (AvgIpc) is 2.49. The number of nitrogens with one attached hydrogen (secondary N) is 2. The molecule has 0 aliphatic rings. The van der Waals surface area contributed by atoms with Crippen molar-refractivity contribution in [2.45, 2.75) is 12.5 Å². The van der Waals surface area contributed by atoms with Gasteiger partial charge in [-0.05, 0) is 19.0 Å². The second-order valence-corrected chi connectivity index (χ2v) is 4.39. The fourth-order valence-corrected chi connectivity index (χ4v) is 1.77. The van der Waals surface area contributed by atoms with Gasteiger partial charge in [-0.1, -0.05) is 18.2 Å². The maximum Gasteiger partial charge on any atom is 0.322 e. The number of methoxy groups -OCH3 is 1. The number of rotatable bonds is 9. The molecule has 1 amide bonds. The predicted molar refractivity (Wildman–Crippen MR) is 76.1 cm³/mol. The monoisotopic (exact) mass is 296 g/mol. The van der Waals surface area contributed by atoms with Crippen LogP contribution in [-0.4, -0.2) is 48.8 Å². The maximum absolute atomic E-state index is 11.2. The number of aliphatic hydroxyl groups is 1. The number of aliphatic hydroxyl groups excluding tert-OH is 1. The molecule has 0 aliphatic heterocycles. The number of benzene rings is 1. The van der Waals surface area contributed by atoms with Crippen LogP contribution in [0.5, 0.6) is 5.75 Å². The fourth-order valence-electron chi connectivity index (χ4n) is 1.77. The van der Waals surface area contributed by atoms with Crippen molar-refractivity contribution in [3.63, 3.8) is 0 Å². The van der Waals surface area contributed by atoms with E-state index >= 15 is 0 Å². The third-order valence-corrected chi connectivity index (χ3v) is 2.81. The molecule has 0 radical (unpaired) electrons. The molecule has 0 aliphatic carbocycles. The molecule has 116 valence electrons. The number of hydrogen-bond acceptors (Lipinski definition) is 5. The van der Waals surface area contributed by atoms with E-state index in [4.69, 9.17) is 9.84 Å². The van der Waals surface area contributed by atoms with E-state index in [1.807, 2.05) is 12.1 Å². The number of carbonyl (C=O) groups excluding carboxylic acids is 1. The zero-order valence-corrected chi connectivity index (χ0v) is 11.8. The lowest BCUT2D eigenvalue weighted by Crippen LogP contribution is -2.37. The second kappa shape index (κ2) is 8.93. The van der Waals surface area contributed by atoms with Gasteiger partial charge in [-0.3, -0.25) is 9.59 Å². The van der Waals surface area contributed by atoms with Gasteiger partial charge in [-0.2, -0.15) is 0 Å². The summed E-state index contributed by atoms with van der Waals surface area (Å²) in [6, 6.07) is 7.18. The molecule has 1 aromatic rings. The molecule has 0 saturated carbocycles. The van der Waals surface area contributed by atoms with Gasteiger partial charge >= 0.3 is 5.97 Å². The highest BCUT2D eigenvalue weighted by molar-refractivity contribution is 5.82. The molecular weight excluding hydrogens is 276 g/mol. The largest absolute Gasteiger partial charge is 0.496 e. The number of amides is 1. The Balaban J connectivity index is 2.29. The smallest absolute Gasteiger partial charge is 0.322 e. The summed E-state index contributed by atoms with van der Waals surface area (Å²) >= 11 is 0. The van der Waals surface area contributed by atoms with Gasteiger partial charge < -0.3 is 25.6 Å². The lowest BCUT2D eigenvalue weighted by Gasteiger charge is -2.14. The minimum absolute atomic E-state index is 0.00588. The highest BCUT2D eigenvalue weighted by Gasteiger charge is 2.12. The third-order valence-electron chi connectivity index (χ3n) is 2.81. The zero-order chi connectivity index (χ0) is 15.7. The van der Waals surface area contributed by atoms with Gasteiger partial charge in [0.15, 0.2) is 0 Å². The van der Waals surface area contributed by atoms with Crippen molar-refractivity contribution in [3.8, 4) is 5.75 Å². The third kappa shape index (κ3) is 6.24. The molecule has 0 aromatic heterocycles. The van der Waals surface area contributed by atoms with Crippen LogP contribution in [-0.2, 0) is 9.59 Å². The highest BCUT2D eigenvalue weighted by atomic mass is 16.5. The Bertz CT molecular complexity index is 478. The van der Waals surface area contributed by atoms with E-state index in [-0.39, 0.29) is 6.54 Å². The molecule has 4 N–H and O–H groups in total. The Hall–Kier alpha value is -2.12. The van der Waals surface area contributed by atoms with Crippen LogP contribution < -0.4 is 15.4 Å². The quantitative estimate of drug-likeness (QED) is 0.474. The minimum atomic E-state index is -1.09. The van der Waals surface area contributed by atoms with Crippen LogP contribution in [0.2, 0.25) is 0 Å². The van der Waals surface area contributed by atoms with E-state index in [1.165, 1.54) is 7.11 Å². The van der Waals surface area contributed by atoms with Crippen LogP contribution in [0.1, 0.15) is 18.1 Å². The molecule has 1 unspecified atom stereocenters. The Morgan fingerprint density at radius 1 is 1.29 bits per heavy atom. The number of aliphatic carboxylic acids is 1. The maximum atomic E-state index is 11.2. The summed E-state index contributed by atoms with van der Waals surface area (Å²) in [6.07, 6.45) is -0.289. The summed E-state index contributed by atoms with van der Waals surface area (Å²) < 4.78 is 5.17. The average molecular weight is 296 g/mol. The van der Waals surface area contributed by atoms with Crippen LogP contribution in [0.4, 0.5) is 0 Å². The van der Waals surface area contributed by atoms with E-state index in [0.717, 1.165) is 0 Å². The number of hydrogen-bond donors (Lipinski definition) is 4. The molecule has 0 spiro atoms. The molecule has 21 heavy (non-hydrogen) atoms. The molecule has 0 saturated heterocycles. The number of carbonyl (C=O) groups is 2. The van der Waals surface area contributed by atoms with Crippen molar-refractivity contribution in [3.05, 3.63) is 29.8 Å². The molecule has 0 bridgehead atoms. The summed E-state index contributed by atoms with van der Waals surface area (Å²) in [4.78, 5) is 21.5. The van der Waals surface area contributed by atoms with E-state index in [2.05, 4.69) is 10.6 Å². The number of para-hydroxylation sites is 1. The second-order valence-electron chi connectivity index (χ2n) is 4.39. The summed E-state index contributed by atoms with van der Waals surface area (Å²) in [5, 5.41) is 23.6. The number of carboxylic acid groups (broad SMARTS) is 1. The SMILES string of the molecule is COc1ccccc1C(O)CCNCC(=O)NCC(=O)O. The van der Waals surface area contributed by atoms with Crippen LogP contribution >= 0.6 is 0 Å². The lowest BCUT2D eigenvalue weighted by molar-refractivity contribution is -0.137. The topological polar surface area (TPSA) is 108 Å². The Morgan fingerprint density at radius 2 is 2.00 bits per heavy atom. The molecule has 1 rings (SSSR count). The van der Waals surface area contributed by atoms with E-state index in [1.54, 1.807) is 12.1 Å². The predicted octanol–water partition coefficient (Wildman–Crippen LogP) is -0.0909. The minimum Gasteiger partial charge on any atom is -0.496 e. The first-order valence-electron chi connectivity index (χ1n) is 6.54. The van der Waals surface area contributed by atoms with Gasteiger partial charge in [-0.25, -0.2) is 0 Å². The van der Waals surface area contributed by atoms with Gasteiger partial charge in [0, 0.05) is 5.56 Å². The molecule has 1 aromatic carbocycles. The van der Waals surface area contributed by atoms with Crippen molar-refractivity contribution in [1.29, 1.82) is 0 Å². The van der Waals surface area contributed by atoms with Gasteiger partial charge in [0.2, 0.25) is 5.91 Å². The van der Waals surface area contributed by atoms with Gasteiger partial charge in [-0.15, -0.1) is 0 Å². The van der Waals surface area contributed by atoms with E-state index in [0.29, 0.717) is 24.3 Å². The first kappa shape index (κ1) is 16.9. The summed E-state index contributed by atoms with van der Waals surface area (Å²) in [6.45, 7) is 0.0238. The Kier molecular flexibility index (Phi) is 7.20. The van der Waals surface area contributed by atoms with E-state index < -0.39 is 24.5 Å². The van der Waals surface area contributed by atoms with Crippen molar-refractivity contribution in [2.24, 2.45) is 0 Å². The molecule has 0 heterocycles.